The number of ether oxygens (including phenoxy) is 1. The number of carboxylic acid groups (broad SMARTS) is 1. The van der Waals surface area contributed by atoms with E-state index in [2.05, 4.69) is 33.2 Å². The number of carbonyl (C=O) groups excluding carboxylic acids is 4. The number of nitrogens with one attached hydrogen (secondary N) is 4. The van der Waals surface area contributed by atoms with Crippen molar-refractivity contribution < 1.29 is 33.8 Å². The number of carboxylic acids is 1. The van der Waals surface area contributed by atoms with Crippen molar-refractivity contribution in [3.63, 3.8) is 0 Å². The van der Waals surface area contributed by atoms with Crippen LogP contribution in [-0.4, -0.2) is 89.0 Å². The summed E-state index contributed by atoms with van der Waals surface area (Å²) >= 11 is 1.20. The summed E-state index contributed by atoms with van der Waals surface area (Å²) in [6, 6.07) is 5.79. The van der Waals surface area contributed by atoms with Crippen molar-refractivity contribution in [2.45, 2.75) is 156 Å². The summed E-state index contributed by atoms with van der Waals surface area (Å²) in [5, 5.41) is 24.5. The number of aromatic nitrogens is 1. The zero-order valence-electron chi connectivity index (χ0n) is 36.3. The molecule has 1 aromatic carbocycles. The number of carbonyl (C=O) groups is 5. The number of aliphatic carboxylic acids is 1. The molecule has 1 fully saturated rings. The van der Waals surface area contributed by atoms with E-state index >= 15 is 0 Å². The molecule has 324 valence electrons. The third-order valence-corrected chi connectivity index (χ3v) is 12.2. The van der Waals surface area contributed by atoms with Gasteiger partial charge in [-0.05, 0) is 82.0 Å². The second kappa shape index (κ2) is 23.5. The normalized spacial score (nSPS) is 17.0. The standard InChI is InChI=1S/C44H70N6O7S/c1-10-12-13-16-23-50(42(54)38(29(5)11-2)49-39(52)34-17-14-15-22-46-34)36(28(3)4)25-37(57-30(6)51)41-48-35(27-58-41)40(53)47-33(26-44(7,8)43(55)56)24-31-18-20-32(45-9)21-19-31/h18-21,27-29,33-34,36-38,45-46H,10-17,22-26H2,1-9H3,(H,47,53)(H,49,52)(H,55,56)/t29-,33-,34+,36+,37+,38-/m0/s1. The van der Waals surface area contributed by atoms with E-state index in [1.54, 1.807) is 19.2 Å². The van der Waals surface area contributed by atoms with Crippen LogP contribution in [0.4, 0.5) is 5.69 Å². The molecule has 0 bridgehead atoms. The fourth-order valence-corrected chi connectivity index (χ4v) is 8.33. The molecule has 0 spiro atoms. The number of esters is 1. The Hall–Kier alpha value is -4.04. The number of nitrogens with zero attached hydrogens (tertiary/aromatic N) is 2. The summed E-state index contributed by atoms with van der Waals surface area (Å²) < 4.78 is 5.92. The summed E-state index contributed by atoms with van der Waals surface area (Å²) in [4.78, 5) is 73.4. The second-order valence-corrected chi connectivity index (χ2v) is 17.8. The number of unbranched alkanes of at least 4 members (excludes halogenated alkanes) is 3. The van der Waals surface area contributed by atoms with Gasteiger partial charge in [0.05, 0.1) is 11.5 Å². The minimum atomic E-state index is -1.11. The minimum absolute atomic E-state index is 0.0512. The number of piperidine rings is 1. The Morgan fingerprint density at radius 1 is 1.03 bits per heavy atom. The van der Waals surface area contributed by atoms with E-state index < -0.39 is 41.4 Å². The lowest BCUT2D eigenvalue weighted by Gasteiger charge is -2.40. The van der Waals surface area contributed by atoms with E-state index in [1.807, 2.05) is 63.9 Å². The Kier molecular flexibility index (Phi) is 19.6. The van der Waals surface area contributed by atoms with Crippen LogP contribution in [-0.2, 0) is 30.3 Å². The number of anilines is 1. The molecule has 5 N–H and O–H groups in total. The zero-order chi connectivity index (χ0) is 43.0. The van der Waals surface area contributed by atoms with Crippen molar-refractivity contribution in [1.82, 2.24) is 25.8 Å². The third kappa shape index (κ3) is 14.7. The Bertz CT molecular complexity index is 1620. The molecule has 6 atom stereocenters. The van der Waals surface area contributed by atoms with Gasteiger partial charge in [-0.25, -0.2) is 4.98 Å². The zero-order valence-corrected chi connectivity index (χ0v) is 37.1. The number of hydrogen-bond donors (Lipinski definition) is 5. The van der Waals surface area contributed by atoms with Crippen molar-refractivity contribution in [1.29, 1.82) is 0 Å². The molecule has 0 radical (unpaired) electrons. The van der Waals surface area contributed by atoms with Crippen molar-refractivity contribution in [2.24, 2.45) is 17.3 Å². The average Bonchev–Trinajstić information content (AvgIpc) is 3.69. The lowest BCUT2D eigenvalue weighted by molar-refractivity contribution is -0.150. The molecular weight excluding hydrogens is 757 g/mol. The molecule has 1 aliphatic heterocycles. The third-order valence-electron chi connectivity index (χ3n) is 11.3. The number of rotatable bonds is 24. The van der Waals surface area contributed by atoms with Gasteiger partial charge in [-0.3, -0.25) is 24.0 Å². The fraction of sp³-hybridized carbons (Fsp3) is 0.682. The van der Waals surface area contributed by atoms with Gasteiger partial charge in [0.2, 0.25) is 11.8 Å². The number of thiazole rings is 1. The van der Waals surface area contributed by atoms with Crippen LogP contribution in [0.15, 0.2) is 29.6 Å². The van der Waals surface area contributed by atoms with Crippen molar-refractivity contribution in [3.05, 3.63) is 45.9 Å². The molecule has 14 heteroatoms. The van der Waals surface area contributed by atoms with Crippen molar-refractivity contribution >= 4 is 46.7 Å². The van der Waals surface area contributed by atoms with E-state index in [0.29, 0.717) is 24.4 Å². The van der Waals surface area contributed by atoms with Crippen LogP contribution in [0.2, 0.25) is 0 Å². The predicted molar refractivity (Wildman–Crippen MR) is 230 cm³/mol. The summed E-state index contributed by atoms with van der Waals surface area (Å²) in [6.45, 7) is 16.1. The van der Waals surface area contributed by atoms with Crippen molar-refractivity contribution in [3.8, 4) is 0 Å². The summed E-state index contributed by atoms with van der Waals surface area (Å²) in [6.07, 6.45) is 7.19. The van der Waals surface area contributed by atoms with E-state index in [0.717, 1.165) is 62.7 Å². The predicted octanol–water partition coefficient (Wildman–Crippen LogP) is 7.13. The van der Waals surface area contributed by atoms with Crippen LogP contribution in [0.3, 0.4) is 0 Å². The first kappa shape index (κ1) is 48.3. The molecule has 0 aliphatic carbocycles. The van der Waals surface area contributed by atoms with E-state index in [1.165, 1.54) is 18.3 Å². The smallest absolute Gasteiger partial charge is 0.309 e. The first-order chi connectivity index (χ1) is 27.5. The summed E-state index contributed by atoms with van der Waals surface area (Å²) in [5.74, 6) is -2.41. The Morgan fingerprint density at radius 2 is 1.74 bits per heavy atom. The topological polar surface area (TPSA) is 179 Å². The van der Waals surface area contributed by atoms with E-state index in [4.69, 9.17) is 4.74 Å². The first-order valence-corrected chi connectivity index (χ1v) is 22.2. The molecule has 3 rings (SSSR count). The lowest BCUT2D eigenvalue weighted by atomic mass is 9.84. The number of amides is 3. The average molecular weight is 827 g/mol. The number of benzene rings is 1. The van der Waals surface area contributed by atoms with Crippen LogP contribution >= 0.6 is 11.3 Å². The highest BCUT2D eigenvalue weighted by Gasteiger charge is 2.38. The van der Waals surface area contributed by atoms with Crippen LogP contribution < -0.4 is 21.3 Å². The summed E-state index contributed by atoms with van der Waals surface area (Å²) in [7, 11) is 1.83. The highest BCUT2D eigenvalue weighted by atomic mass is 32.1. The quantitative estimate of drug-likeness (QED) is 0.0540. The van der Waals surface area contributed by atoms with Gasteiger partial charge in [-0.15, -0.1) is 11.3 Å². The molecule has 1 aromatic heterocycles. The molecule has 2 aromatic rings. The van der Waals surface area contributed by atoms with Crippen molar-refractivity contribution in [2.75, 3.05) is 25.5 Å². The van der Waals surface area contributed by atoms with Gasteiger partial charge in [-0.1, -0.05) is 78.9 Å². The molecule has 58 heavy (non-hydrogen) atoms. The summed E-state index contributed by atoms with van der Waals surface area (Å²) in [5.41, 5.74) is 0.899. The maximum atomic E-state index is 14.8. The maximum Gasteiger partial charge on any atom is 0.309 e. The molecule has 3 amide bonds. The fourth-order valence-electron chi connectivity index (χ4n) is 7.49. The SMILES string of the molecule is CCCCCCN(C(=O)[C@@H](NC(=O)[C@H]1CCCCN1)[C@@H](C)CC)[C@H](C[C@@H](OC(C)=O)c1nc(C(=O)N[C@@H](Cc2ccc(NC)cc2)CC(C)(C)C(=O)O)cs1)C(C)C. The second-order valence-electron chi connectivity index (χ2n) is 16.9. The molecule has 13 nitrogen and oxygen atoms in total. The van der Waals surface area contributed by atoms with Gasteiger partial charge in [0.1, 0.15) is 16.7 Å². The first-order valence-electron chi connectivity index (χ1n) is 21.3. The maximum absolute atomic E-state index is 14.8. The number of hydrogen-bond acceptors (Lipinski definition) is 10. The highest BCUT2D eigenvalue weighted by Crippen LogP contribution is 2.32. The molecular formula is C44H70N6O7S. The van der Waals surface area contributed by atoms with Gasteiger partial charge in [0, 0.05) is 50.1 Å². The van der Waals surface area contributed by atoms with Gasteiger partial charge < -0.3 is 36.0 Å². The van der Waals surface area contributed by atoms with E-state index in [9.17, 15) is 29.1 Å². The Balaban J connectivity index is 1.93. The molecule has 0 unspecified atom stereocenters. The molecule has 1 saturated heterocycles. The van der Waals surface area contributed by atoms with Crippen LogP contribution in [0.1, 0.15) is 147 Å². The minimum Gasteiger partial charge on any atom is -0.481 e. The van der Waals surface area contributed by atoms with Crippen LogP contribution in [0.5, 0.6) is 0 Å². The molecule has 1 aliphatic rings. The monoisotopic (exact) mass is 827 g/mol. The Morgan fingerprint density at radius 3 is 2.31 bits per heavy atom. The van der Waals surface area contributed by atoms with Gasteiger partial charge in [0.25, 0.3) is 5.91 Å². The van der Waals surface area contributed by atoms with Gasteiger partial charge >= 0.3 is 11.9 Å². The molecule has 0 saturated carbocycles. The lowest BCUT2D eigenvalue weighted by Crippen LogP contribution is -2.58. The van der Waals surface area contributed by atoms with E-state index in [-0.39, 0.29) is 54.3 Å². The molecule has 2 heterocycles. The van der Waals surface area contributed by atoms with Gasteiger partial charge in [-0.2, -0.15) is 0 Å². The van der Waals surface area contributed by atoms with Gasteiger partial charge in [0.15, 0.2) is 6.10 Å². The Labute approximate surface area is 350 Å². The van der Waals surface area contributed by atoms with Crippen LogP contribution in [0.25, 0.3) is 0 Å². The van der Waals surface area contributed by atoms with Crippen LogP contribution in [0, 0.1) is 17.3 Å². The largest absolute Gasteiger partial charge is 0.481 e. The highest BCUT2D eigenvalue weighted by molar-refractivity contribution is 7.09.